The van der Waals surface area contributed by atoms with Gasteiger partial charge in [0.15, 0.2) is 0 Å². The van der Waals surface area contributed by atoms with E-state index >= 15 is 0 Å². The number of carbonyl (C=O) groups is 2. The van der Waals surface area contributed by atoms with Crippen LogP contribution in [0.15, 0.2) is 4.99 Å². The second kappa shape index (κ2) is 10.5. The number of hydrogen-bond donors (Lipinski definition) is 4. The highest BCUT2D eigenvalue weighted by molar-refractivity contribution is 6.21. The number of carboxylic acids is 2. The molecule has 1 unspecified atom stereocenters. The Balaban J connectivity index is -0.000000173. The van der Waals surface area contributed by atoms with Crippen molar-refractivity contribution in [3.8, 4) is 0 Å². The van der Waals surface area contributed by atoms with Crippen LogP contribution >= 0.6 is 0 Å². The predicted molar refractivity (Wildman–Crippen MR) is 46.1 cm³/mol. The third-order valence-electron chi connectivity index (χ3n) is 0.401. The molecule has 0 aliphatic carbocycles. The molecule has 78 valence electrons. The SMILES string of the molecule is CC(=O)O.CC(O)N=CC(=O)O.N. The molecule has 0 saturated carbocycles. The summed E-state index contributed by atoms with van der Waals surface area (Å²) in [4.78, 5) is 21.8. The molecule has 0 heterocycles. The lowest BCUT2D eigenvalue weighted by Gasteiger charge is -1.88. The van der Waals surface area contributed by atoms with Gasteiger partial charge in [0.1, 0.15) is 12.4 Å². The lowest BCUT2D eigenvalue weighted by molar-refractivity contribution is -0.134. The zero-order valence-electron chi connectivity index (χ0n) is 7.47. The van der Waals surface area contributed by atoms with Crippen molar-refractivity contribution in [3.63, 3.8) is 0 Å². The molecule has 0 aromatic carbocycles. The van der Waals surface area contributed by atoms with Crippen LogP contribution < -0.4 is 6.15 Å². The Morgan fingerprint density at radius 3 is 1.77 bits per heavy atom. The fraction of sp³-hybridized carbons (Fsp3) is 0.500. The lowest BCUT2D eigenvalue weighted by atomic mass is 10.6. The highest BCUT2D eigenvalue weighted by atomic mass is 16.4. The molecule has 0 amide bonds. The molecule has 0 radical (unpaired) electrons. The molecule has 0 bridgehead atoms. The van der Waals surface area contributed by atoms with E-state index in [1.165, 1.54) is 6.92 Å². The average Bonchev–Trinajstić information content (AvgIpc) is 1.82. The number of aliphatic hydroxyl groups is 1. The summed E-state index contributed by atoms with van der Waals surface area (Å²) in [7, 11) is 0. The Labute approximate surface area is 75.3 Å². The molecular formula is C6H14N2O5. The fourth-order valence-corrected chi connectivity index (χ4v) is 0.172. The molecule has 0 aromatic heterocycles. The molecule has 13 heavy (non-hydrogen) atoms. The van der Waals surface area contributed by atoms with Gasteiger partial charge in [-0.25, -0.2) is 4.79 Å². The standard InChI is InChI=1S/C4H7NO3.C2H4O2.H3N/c1-3(6)5-2-4(7)8;1-2(3)4;/h2-3,6H,1H3,(H,7,8);1H3,(H,3,4);1H3. The maximum atomic E-state index is 9.64. The van der Waals surface area contributed by atoms with Crippen LogP contribution in [0.3, 0.4) is 0 Å². The second-order valence-corrected chi connectivity index (χ2v) is 1.77. The minimum atomic E-state index is -1.15. The second-order valence-electron chi connectivity index (χ2n) is 1.77. The van der Waals surface area contributed by atoms with E-state index in [0.717, 1.165) is 6.92 Å². The molecule has 7 heteroatoms. The van der Waals surface area contributed by atoms with Gasteiger partial charge in [-0.05, 0) is 6.92 Å². The van der Waals surface area contributed by atoms with Crippen LogP contribution in [-0.2, 0) is 9.59 Å². The zero-order valence-corrected chi connectivity index (χ0v) is 7.47. The quantitative estimate of drug-likeness (QED) is 0.446. The third-order valence-corrected chi connectivity index (χ3v) is 0.401. The maximum absolute atomic E-state index is 9.64. The molecule has 6 N–H and O–H groups in total. The fourth-order valence-electron chi connectivity index (χ4n) is 0.172. The molecule has 0 aliphatic heterocycles. The van der Waals surface area contributed by atoms with Gasteiger partial charge in [0.2, 0.25) is 0 Å². The van der Waals surface area contributed by atoms with E-state index in [1.807, 2.05) is 0 Å². The maximum Gasteiger partial charge on any atom is 0.346 e. The van der Waals surface area contributed by atoms with Gasteiger partial charge >= 0.3 is 5.97 Å². The van der Waals surface area contributed by atoms with Crippen LogP contribution in [0.25, 0.3) is 0 Å². The number of aliphatic carboxylic acids is 2. The van der Waals surface area contributed by atoms with Gasteiger partial charge in [-0.3, -0.25) is 9.79 Å². The van der Waals surface area contributed by atoms with Crippen molar-refractivity contribution < 1.29 is 24.9 Å². The minimum absolute atomic E-state index is 0. The first-order chi connectivity index (χ1) is 5.36. The molecule has 0 saturated heterocycles. The highest BCUT2D eigenvalue weighted by Gasteiger charge is 1.88. The Morgan fingerprint density at radius 1 is 1.38 bits per heavy atom. The van der Waals surface area contributed by atoms with E-state index in [1.54, 1.807) is 0 Å². The van der Waals surface area contributed by atoms with E-state index in [-0.39, 0.29) is 6.15 Å². The van der Waals surface area contributed by atoms with Gasteiger partial charge in [0.25, 0.3) is 5.97 Å². The van der Waals surface area contributed by atoms with Gasteiger partial charge < -0.3 is 21.5 Å². The number of hydrogen-bond acceptors (Lipinski definition) is 5. The van der Waals surface area contributed by atoms with E-state index in [4.69, 9.17) is 20.1 Å². The predicted octanol–water partition coefficient (Wildman–Crippen LogP) is -0.267. The molecule has 1 atom stereocenters. The average molecular weight is 194 g/mol. The number of rotatable bonds is 2. The summed E-state index contributed by atoms with van der Waals surface area (Å²) in [5, 5.41) is 23.7. The zero-order chi connectivity index (χ0) is 10.1. The number of aliphatic imine (C=N–C) groups is 1. The summed E-state index contributed by atoms with van der Waals surface area (Å²) in [5.74, 6) is -1.98. The van der Waals surface area contributed by atoms with Crippen molar-refractivity contribution in [2.24, 2.45) is 4.99 Å². The van der Waals surface area contributed by atoms with Crippen LogP contribution in [0, 0.1) is 0 Å². The highest BCUT2D eigenvalue weighted by Crippen LogP contribution is 1.76. The van der Waals surface area contributed by atoms with Crippen molar-refractivity contribution in [2.75, 3.05) is 0 Å². The Hall–Kier alpha value is -1.47. The van der Waals surface area contributed by atoms with Gasteiger partial charge in [0, 0.05) is 6.92 Å². The summed E-state index contributed by atoms with van der Waals surface area (Å²) < 4.78 is 0. The van der Waals surface area contributed by atoms with Crippen molar-refractivity contribution in [3.05, 3.63) is 0 Å². The van der Waals surface area contributed by atoms with E-state index < -0.39 is 18.2 Å². The topological polar surface area (TPSA) is 142 Å². The van der Waals surface area contributed by atoms with Crippen LogP contribution in [0.2, 0.25) is 0 Å². The van der Waals surface area contributed by atoms with Gasteiger partial charge in [-0.2, -0.15) is 0 Å². The van der Waals surface area contributed by atoms with Crippen LogP contribution in [0.5, 0.6) is 0 Å². The van der Waals surface area contributed by atoms with Crippen molar-refractivity contribution in [1.29, 1.82) is 0 Å². The summed E-state index contributed by atoms with van der Waals surface area (Å²) in [6.07, 6.45) is -0.268. The number of nitrogens with zero attached hydrogens (tertiary/aromatic N) is 1. The van der Waals surface area contributed by atoms with Gasteiger partial charge in [0.05, 0.1) is 0 Å². The molecule has 0 fully saturated rings. The molecule has 7 nitrogen and oxygen atoms in total. The van der Waals surface area contributed by atoms with Crippen molar-refractivity contribution >= 4 is 18.2 Å². The first-order valence-electron chi connectivity index (χ1n) is 3.00. The Kier molecular flexibility index (Phi) is 14.2. The van der Waals surface area contributed by atoms with Gasteiger partial charge in [-0.1, -0.05) is 0 Å². The van der Waals surface area contributed by atoms with Gasteiger partial charge in [-0.15, -0.1) is 0 Å². The first kappa shape index (κ1) is 17.6. The van der Waals surface area contributed by atoms with E-state index in [9.17, 15) is 4.79 Å². The summed E-state index contributed by atoms with van der Waals surface area (Å²) in [5.41, 5.74) is 0. The van der Waals surface area contributed by atoms with Crippen LogP contribution in [0.4, 0.5) is 0 Å². The summed E-state index contributed by atoms with van der Waals surface area (Å²) in [6.45, 7) is 2.46. The van der Waals surface area contributed by atoms with Crippen LogP contribution in [-0.4, -0.2) is 39.7 Å². The molecule has 0 aromatic rings. The van der Waals surface area contributed by atoms with Crippen molar-refractivity contribution in [1.82, 2.24) is 6.15 Å². The van der Waals surface area contributed by atoms with Crippen LogP contribution in [0.1, 0.15) is 13.8 Å². The first-order valence-corrected chi connectivity index (χ1v) is 3.00. The number of carboxylic acid groups (broad SMARTS) is 2. The summed E-state index contributed by atoms with van der Waals surface area (Å²) >= 11 is 0. The smallest absolute Gasteiger partial charge is 0.346 e. The van der Waals surface area contributed by atoms with E-state index in [0.29, 0.717) is 6.21 Å². The molecule has 0 aliphatic rings. The summed E-state index contributed by atoms with van der Waals surface area (Å²) in [6, 6.07) is 0. The normalized spacial score (nSPS) is 10.7. The Bertz CT molecular complexity index is 174. The molecule has 0 spiro atoms. The third kappa shape index (κ3) is 61.5. The lowest BCUT2D eigenvalue weighted by Crippen LogP contribution is -2.00. The molecule has 0 rings (SSSR count). The number of aliphatic hydroxyl groups excluding tert-OH is 1. The van der Waals surface area contributed by atoms with Crippen molar-refractivity contribution in [2.45, 2.75) is 20.1 Å². The minimum Gasteiger partial charge on any atom is -0.481 e. The molecular weight excluding hydrogens is 180 g/mol. The van der Waals surface area contributed by atoms with E-state index in [2.05, 4.69) is 4.99 Å². The Morgan fingerprint density at radius 2 is 1.69 bits per heavy atom. The largest absolute Gasteiger partial charge is 0.481 e. The monoisotopic (exact) mass is 194 g/mol.